The minimum atomic E-state index is -5.04. The van der Waals surface area contributed by atoms with Crippen molar-refractivity contribution < 1.29 is 27.9 Å². The number of rotatable bonds is 3. The summed E-state index contributed by atoms with van der Waals surface area (Å²) in [6.45, 7) is 1.24. The molecule has 0 saturated carbocycles. The highest BCUT2D eigenvalue weighted by Crippen LogP contribution is 2.30. The fraction of sp³-hybridized carbons (Fsp3) is 0.778. The van der Waals surface area contributed by atoms with Gasteiger partial charge in [0.2, 0.25) is 11.4 Å². The number of carbonyl (C=O) groups is 2. The van der Waals surface area contributed by atoms with Crippen LogP contribution in [0.4, 0.5) is 13.2 Å². The molecule has 0 aromatic carbocycles. The number of hydrogen-bond acceptors (Lipinski definition) is 3. The lowest BCUT2D eigenvalue weighted by molar-refractivity contribution is -0.207. The van der Waals surface area contributed by atoms with E-state index >= 15 is 0 Å². The van der Waals surface area contributed by atoms with E-state index in [1.54, 1.807) is 5.32 Å². The zero-order valence-electron chi connectivity index (χ0n) is 9.10. The van der Waals surface area contributed by atoms with Gasteiger partial charge in [0, 0.05) is 6.54 Å². The number of carboxylic acid groups (broad SMARTS) is 1. The van der Waals surface area contributed by atoms with E-state index in [2.05, 4.69) is 5.32 Å². The molecule has 0 aromatic rings. The Morgan fingerprint density at radius 3 is 2.35 bits per heavy atom. The summed E-state index contributed by atoms with van der Waals surface area (Å²) in [4.78, 5) is 22.2. The molecule has 17 heavy (non-hydrogen) atoms. The molecule has 1 aliphatic heterocycles. The molecule has 1 aliphatic rings. The van der Waals surface area contributed by atoms with Crippen molar-refractivity contribution in [2.24, 2.45) is 5.92 Å². The average Bonchev–Trinajstić information content (AvgIpc) is 2.67. The van der Waals surface area contributed by atoms with Gasteiger partial charge in [0.25, 0.3) is 0 Å². The quantitative estimate of drug-likeness (QED) is 0.668. The molecule has 1 amide bonds. The number of alkyl halides is 3. The molecular formula is C9H13F3N2O3. The molecule has 0 aliphatic carbocycles. The van der Waals surface area contributed by atoms with Gasteiger partial charge >= 0.3 is 12.1 Å². The predicted molar refractivity (Wildman–Crippen MR) is 51.2 cm³/mol. The smallest absolute Gasteiger partial charge is 0.422 e. The second-order valence-electron chi connectivity index (χ2n) is 4.11. The molecule has 5 nitrogen and oxygen atoms in total. The van der Waals surface area contributed by atoms with Crippen LogP contribution >= 0.6 is 0 Å². The summed E-state index contributed by atoms with van der Waals surface area (Å²) in [6, 6.07) is 0. The molecule has 0 aromatic heterocycles. The van der Waals surface area contributed by atoms with E-state index in [4.69, 9.17) is 5.11 Å². The molecule has 0 spiro atoms. The van der Waals surface area contributed by atoms with Crippen molar-refractivity contribution in [2.45, 2.75) is 25.1 Å². The van der Waals surface area contributed by atoms with E-state index in [-0.39, 0.29) is 6.54 Å². The van der Waals surface area contributed by atoms with Gasteiger partial charge in [0.05, 0.1) is 5.92 Å². The molecule has 2 atom stereocenters. The van der Waals surface area contributed by atoms with Crippen molar-refractivity contribution in [3.8, 4) is 0 Å². The normalized spacial score (nSPS) is 24.1. The van der Waals surface area contributed by atoms with Crippen LogP contribution in [0.2, 0.25) is 0 Å². The summed E-state index contributed by atoms with van der Waals surface area (Å²) in [5.74, 6) is -3.63. The average molecular weight is 254 g/mol. The summed E-state index contributed by atoms with van der Waals surface area (Å²) in [6.07, 6.45) is -4.64. The number of nitrogens with one attached hydrogen (secondary N) is 2. The number of amides is 1. The first-order valence-corrected chi connectivity index (χ1v) is 5.01. The van der Waals surface area contributed by atoms with E-state index in [0.29, 0.717) is 19.9 Å². The van der Waals surface area contributed by atoms with Crippen molar-refractivity contribution in [1.82, 2.24) is 10.6 Å². The van der Waals surface area contributed by atoms with Crippen LogP contribution in [0.25, 0.3) is 0 Å². The first-order chi connectivity index (χ1) is 7.68. The third-order valence-electron chi connectivity index (χ3n) is 2.80. The fourth-order valence-electron chi connectivity index (χ4n) is 1.47. The summed E-state index contributed by atoms with van der Waals surface area (Å²) in [7, 11) is 0. The van der Waals surface area contributed by atoms with Gasteiger partial charge in [0.15, 0.2) is 0 Å². The second-order valence-corrected chi connectivity index (χ2v) is 4.11. The molecule has 3 N–H and O–H groups in total. The van der Waals surface area contributed by atoms with Crippen LogP contribution in [0.3, 0.4) is 0 Å². The monoisotopic (exact) mass is 254 g/mol. The van der Waals surface area contributed by atoms with Crippen LogP contribution in [-0.2, 0) is 9.59 Å². The zero-order chi connectivity index (χ0) is 13.3. The van der Waals surface area contributed by atoms with Crippen molar-refractivity contribution in [1.29, 1.82) is 0 Å². The predicted octanol–water partition coefficient (Wildman–Crippen LogP) is 0.118. The largest absolute Gasteiger partial charge is 0.479 e. The Morgan fingerprint density at radius 1 is 1.41 bits per heavy atom. The molecule has 1 heterocycles. The van der Waals surface area contributed by atoms with Gasteiger partial charge < -0.3 is 15.7 Å². The maximum absolute atomic E-state index is 12.6. The Labute approximate surface area is 95.4 Å². The standard InChI is InChI=1S/C9H13F3N2O3/c1-8(7(16)17,9(10,11)12)14-6(15)5-2-3-13-4-5/h5,13H,2-4H2,1H3,(H,14,15)(H,16,17). The highest BCUT2D eigenvalue weighted by Gasteiger charge is 2.58. The van der Waals surface area contributed by atoms with Gasteiger partial charge in [-0.3, -0.25) is 4.79 Å². The van der Waals surface area contributed by atoms with Gasteiger partial charge in [-0.25, -0.2) is 4.79 Å². The first kappa shape index (κ1) is 13.8. The molecule has 0 bridgehead atoms. The first-order valence-electron chi connectivity index (χ1n) is 5.01. The van der Waals surface area contributed by atoms with E-state index in [1.165, 1.54) is 0 Å². The maximum Gasteiger partial charge on any atom is 0.422 e. The summed E-state index contributed by atoms with van der Waals surface area (Å²) in [5.41, 5.74) is -3.24. The highest BCUT2D eigenvalue weighted by molar-refractivity contribution is 5.88. The number of aliphatic carboxylic acids is 1. The van der Waals surface area contributed by atoms with Crippen molar-refractivity contribution >= 4 is 11.9 Å². The van der Waals surface area contributed by atoms with Crippen LogP contribution in [-0.4, -0.2) is 41.8 Å². The third-order valence-corrected chi connectivity index (χ3v) is 2.80. The van der Waals surface area contributed by atoms with Gasteiger partial charge in [-0.1, -0.05) is 0 Å². The Morgan fingerprint density at radius 2 is 2.00 bits per heavy atom. The van der Waals surface area contributed by atoms with Gasteiger partial charge in [0.1, 0.15) is 0 Å². The van der Waals surface area contributed by atoms with Crippen molar-refractivity contribution in [2.75, 3.05) is 13.1 Å². The summed E-state index contributed by atoms with van der Waals surface area (Å²) >= 11 is 0. The number of carboxylic acids is 1. The van der Waals surface area contributed by atoms with Crippen LogP contribution in [0.1, 0.15) is 13.3 Å². The molecule has 8 heteroatoms. The lowest BCUT2D eigenvalue weighted by Crippen LogP contribution is -2.62. The van der Waals surface area contributed by atoms with E-state index in [0.717, 1.165) is 0 Å². The second kappa shape index (κ2) is 4.52. The third kappa shape index (κ3) is 2.68. The Hall–Kier alpha value is -1.31. The lowest BCUT2D eigenvalue weighted by atomic mass is 9.99. The molecular weight excluding hydrogens is 241 g/mol. The SMILES string of the molecule is CC(NC(=O)C1CCNC1)(C(=O)O)C(F)(F)F. The Kier molecular flexibility index (Phi) is 3.65. The van der Waals surface area contributed by atoms with Crippen LogP contribution in [0, 0.1) is 5.92 Å². The van der Waals surface area contributed by atoms with E-state index in [9.17, 15) is 22.8 Å². The number of halogens is 3. The van der Waals surface area contributed by atoms with Crippen LogP contribution in [0.5, 0.6) is 0 Å². The molecule has 1 saturated heterocycles. The molecule has 1 rings (SSSR count). The Balaban J connectivity index is 2.80. The zero-order valence-corrected chi connectivity index (χ0v) is 9.10. The number of hydrogen-bond donors (Lipinski definition) is 3. The molecule has 1 fully saturated rings. The topological polar surface area (TPSA) is 78.4 Å². The highest BCUT2D eigenvalue weighted by atomic mass is 19.4. The summed E-state index contributed by atoms with van der Waals surface area (Å²) < 4.78 is 37.8. The summed E-state index contributed by atoms with van der Waals surface area (Å²) in [5, 5.41) is 13.0. The minimum absolute atomic E-state index is 0.263. The van der Waals surface area contributed by atoms with E-state index in [1.807, 2.05) is 0 Å². The van der Waals surface area contributed by atoms with Gasteiger partial charge in [-0.15, -0.1) is 0 Å². The molecule has 2 unspecified atom stereocenters. The number of carbonyl (C=O) groups excluding carboxylic acids is 1. The van der Waals surface area contributed by atoms with Crippen molar-refractivity contribution in [3.05, 3.63) is 0 Å². The van der Waals surface area contributed by atoms with Gasteiger partial charge in [-0.2, -0.15) is 13.2 Å². The fourth-order valence-corrected chi connectivity index (χ4v) is 1.47. The molecule has 98 valence electrons. The van der Waals surface area contributed by atoms with E-state index < -0.39 is 29.5 Å². The van der Waals surface area contributed by atoms with Crippen LogP contribution < -0.4 is 10.6 Å². The van der Waals surface area contributed by atoms with Crippen molar-refractivity contribution in [3.63, 3.8) is 0 Å². The van der Waals surface area contributed by atoms with Crippen LogP contribution in [0.15, 0.2) is 0 Å². The molecule has 0 radical (unpaired) electrons. The maximum atomic E-state index is 12.6. The lowest BCUT2D eigenvalue weighted by Gasteiger charge is -2.29. The van der Waals surface area contributed by atoms with Gasteiger partial charge in [-0.05, 0) is 19.9 Å². The minimum Gasteiger partial charge on any atom is -0.479 e. The Bertz CT molecular complexity index is 326.